The van der Waals surface area contributed by atoms with Crippen molar-refractivity contribution in [2.24, 2.45) is 0 Å². The Morgan fingerprint density at radius 1 is 1.36 bits per heavy atom. The van der Waals surface area contributed by atoms with Crippen LogP contribution in [0, 0.1) is 13.8 Å². The summed E-state index contributed by atoms with van der Waals surface area (Å²) in [5.41, 5.74) is 1.93. The number of rotatable bonds is 0. The molecule has 14 heavy (non-hydrogen) atoms. The van der Waals surface area contributed by atoms with Crippen molar-refractivity contribution in [1.29, 1.82) is 0 Å². The monoisotopic (exact) mass is 186 g/mol. The van der Waals surface area contributed by atoms with Crippen LogP contribution in [0.5, 0.6) is 0 Å². The highest BCUT2D eigenvalue weighted by molar-refractivity contribution is 6.07. The third-order valence-corrected chi connectivity index (χ3v) is 2.46. The number of nitrogens with zero attached hydrogens (tertiary/aromatic N) is 2. The summed E-state index contributed by atoms with van der Waals surface area (Å²) in [6.45, 7) is 3.83. The molecule has 0 bridgehead atoms. The number of hydrogen-bond donors (Lipinski definition) is 0. The number of aromatic nitrogens is 2. The first kappa shape index (κ1) is 9.00. The van der Waals surface area contributed by atoms with Gasteiger partial charge in [-0.05, 0) is 31.5 Å². The van der Waals surface area contributed by atoms with Crippen molar-refractivity contribution in [2.75, 3.05) is 0 Å². The third-order valence-electron chi connectivity index (χ3n) is 2.46. The van der Waals surface area contributed by atoms with Gasteiger partial charge in [0.05, 0.1) is 16.7 Å². The minimum absolute atomic E-state index is 0.0208. The van der Waals surface area contributed by atoms with Crippen LogP contribution < -0.4 is 5.56 Å². The van der Waals surface area contributed by atoms with E-state index in [1.54, 1.807) is 12.5 Å². The Kier molecular flexibility index (Phi) is 1.91. The van der Waals surface area contributed by atoms with Crippen LogP contribution in [-0.2, 0) is 0 Å². The molecule has 0 unspecified atom stereocenters. The maximum atomic E-state index is 11.8. The van der Waals surface area contributed by atoms with Gasteiger partial charge < -0.3 is 4.48 Å². The largest absolute Gasteiger partial charge is 0.350 e. The lowest BCUT2D eigenvalue weighted by atomic mass is 10.1. The molecule has 0 radical (unpaired) electrons. The molecule has 70 valence electrons. The normalized spacial score (nSPS) is 10.7. The van der Waals surface area contributed by atoms with E-state index in [1.807, 2.05) is 32.0 Å². The number of fused-ring (bicyclic) bond motifs is 1. The quantitative estimate of drug-likeness (QED) is 0.558. The Morgan fingerprint density at radius 3 is 2.79 bits per heavy atom. The highest BCUT2D eigenvalue weighted by atomic mass is 16.1. The lowest BCUT2D eigenvalue weighted by molar-refractivity contribution is 0.985. The minimum Gasteiger partial charge on any atom is -0.350 e. The SMILES string of the molecule is Bn1c(C)nc2cc(C)ccc2c1=O. The average molecular weight is 186 g/mol. The van der Waals surface area contributed by atoms with Gasteiger partial charge >= 0.3 is 0 Å². The summed E-state index contributed by atoms with van der Waals surface area (Å²) in [5, 5.41) is 0.684. The molecule has 1 heterocycles. The van der Waals surface area contributed by atoms with Gasteiger partial charge in [-0.25, -0.2) is 4.98 Å². The van der Waals surface area contributed by atoms with Crippen molar-refractivity contribution >= 4 is 18.9 Å². The summed E-state index contributed by atoms with van der Waals surface area (Å²) in [5.74, 6) is 0.744. The van der Waals surface area contributed by atoms with E-state index in [-0.39, 0.29) is 5.56 Å². The Balaban J connectivity index is 2.98. The Morgan fingerprint density at radius 2 is 2.07 bits per heavy atom. The molecule has 0 saturated carbocycles. The second-order valence-corrected chi connectivity index (χ2v) is 3.54. The van der Waals surface area contributed by atoms with Crippen molar-refractivity contribution in [3.05, 3.63) is 39.9 Å². The predicted molar refractivity (Wildman–Crippen MR) is 59.4 cm³/mol. The molecule has 0 aliphatic heterocycles. The number of aryl methyl sites for hydroxylation is 2. The summed E-state index contributed by atoms with van der Waals surface area (Å²) < 4.78 is 1.57. The summed E-state index contributed by atoms with van der Waals surface area (Å²) in [6, 6.07) is 5.70. The van der Waals surface area contributed by atoms with Crippen molar-refractivity contribution < 1.29 is 0 Å². The van der Waals surface area contributed by atoms with Gasteiger partial charge in [0, 0.05) is 0 Å². The van der Waals surface area contributed by atoms with Crippen LogP contribution in [0.25, 0.3) is 10.9 Å². The Bertz CT molecular complexity index is 560. The van der Waals surface area contributed by atoms with E-state index >= 15 is 0 Å². The fourth-order valence-electron chi connectivity index (χ4n) is 1.49. The van der Waals surface area contributed by atoms with E-state index in [9.17, 15) is 4.79 Å². The van der Waals surface area contributed by atoms with Gasteiger partial charge in [0.15, 0.2) is 0 Å². The Labute approximate surface area is 82.8 Å². The molecule has 0 atom stereocenters. The van der Waals surface area contributed by atoms with Gasteiger partial charge in [0.25, 0.3) is 0 Å². The van der Waals surface area contributed by atoms with Gasteiger partial charge in [0.1, 0.15) is 0 Å². The molecule has 1 aromatic carbocycles. The van der Waals surface area contributed by atoms with E-state index in [2.05, 4.69) is 4.98 Å². The highest BCUT2D eigenvalue weighted by Crippen LogP contribution is 2.09. The van der Waals surface area contributed by atoms with Crippen LogP contribution in [0.2, 0.25) is 0 Å². The van der Waals surface area contributed by atoms with Crippen LogP contribution in [0.1, 0.15) is 11.4 Å². The molecular formula is C10H11BN2O. The van der Waals surface area contributed by atoms with Crippen LogP contribution in [-0.4, -0.2) is 17.4 Å². The average Bonchev–Trinajstić information content (AvgIpc) is 2.14. The van der Waals surface area contributed by atoms with Crippen molar-refractivity contribution in [2.45, 2.75) is 13.8 Å². The van der Waals surface area contributed by atoms with Crippen molar-refractivity contribution in [1.82, 2.24) is 9.46 Å². The molecule has 0 spiro atoms. The number of hydrogen-bond acceptors (Lipinski definition) is 2. The second kappa shape index (κ2) is 2.98. The molecule has 2 aromatic rings. The zero-order valence-corrected chi connectivity index (χ0v) is 8.53. The molecule has 3 nitrogen and oxygen atoms in total. The second-order valence-electron chi connectivity index (χ2n) is 3.54. The summed E-state index contributed by atoms with van der Waals surface area (Å²) in [6.07, 6.45) is 0. The fourth-order valence-corrected chi connectivity index (χ4v) is 1.49. The van der Waals surface area contributed by atoms with E-state index in [0.717, 1.165) is 16.9 Å². The molecule has 0 aliphatic carbocycles. The summed E-state index contributed by atoms with van der Waals surface area (Å²) in [7, 11) is 1.74. The third kappa shape index (κ3) is 1.23. The van der Waals surface area contributed by atoms with Gasteiger partial charge in [-0.15, -0.1) is 0 Å². The smallest absolute Gasteiger partial charge is 0.248 e. The van der Waals surface area contributed by atoms with Gasteiger partial charge in [-0.1, -0.05) is 6.07 Å². The van der Waals surface area contributed by atoms with Gasteiger partial charge in [-0.2, -0.15) is 0 Å². The van der Waals surface area contributed by atoms with Gasteiger partial charge in [0.2, 0.25) is 13.5 Å². The highest BCUT2D eigenvalue weighted by Gasteiger charge is 2.03. The predicted octanol–water partition coefficient (Wildman–Crippen LogP) is 0.410. The van der Waals surface area contributed by atoms with Crippen LogP contribution in [0.3, 0.4) is 0 Å². The maximum Gasteiger partial charge on any atom is 0.248 e. The fraction of sp³-hybridized carbons (Fsp3) is 0.200. The topological polar surface area (TPSA) is 34.9 Å². The first-order chi connectivity index (χ1) is 6.59. The molecule has 4 heteroatoms. The molecule has 0 fully saturated rings. The molecule has 2 rings (SSSR count). The first-order valence-corrected chi connectivity index (χ1v) is 4.53. The summed E-state index contributed by atoms with van der Waals surface area (Å²) >= 11 is 0. The van der Waals surface area contributed by atoms with E-state index in [0.29, 0.717) is 5.39 Å². The molecule has 0 aliphatic rings. The van der Waals surface area contributed by atoms with E-state index in [1.165, 1.54) is 0 Å². The standard InChI is InChI=1S/C10H11BN2O/c1-6-3-4-8-9(5-6)12-7(2)13(11)10(8)14/h3-5H,11H2,1-2H3. The van der Waals surface area contributed by atoms with E-state index in [4.69, 9.17) is 0 Å². The van der Waals surface area contributed by atoms with Crippen molar-refractivity contribution in [3.63, 3.8) is 0 Å². The molecule has 1 aromatic heterocycles. The molecule has 0 N–H and O–H groups in total. The zero-order valence-electron chi connectivity index (χ0n) is 8.53. The van der Waals surface area contributed by atoms with Crippen molar-refractivity contribution in [3.8, 4) is 0 Å². The lowest BCUT2D eigenvalue weighted by Gasteiger charge is -2.05. The molecule has 0 saturated heterocycles. The number of benzene rings is 1. The Hall–Kier alpha value is -1.58. The maximum absolute atomic E-state index is 11.8. The van der Waals surface area contributed by atoms with E-state index < -0.39 is 0 Å². The first-order valence-electron chi connectivity index (χ1n) is 4.53. The molecular weight excluding hydrogens is 175 g/mol. The lowest BCUT2D eigenvalue weighted by Crippen LogP contribution is -2.22. The molecule has 0 amide bonds. The van der Waals surface area contributed by atoms with Crippen LogP contribution in [0.15, 0.2) is 23.0 Å². The zero-order chi connectivity index (χ0) is 10.3. The van der Waals surface area contributed by atoms with Crippen LogP contribution in [0.4, 0.5) is 0 Å². The summed E-state index contributed by atoms with van der Waals surface area (Å²) in [4.78, 5) is 16.1. The van der Waals surface area contributed by atoms with Crippen LogP contribution >= 0.6 is 0 Å². The minimum atomic E-state index is 0.0208. The van der Waals surface area contributed by atoms with Gasteiger partial charge in [-0.3, -0.25) is 4.79 Å².